The number of aliphatic hydroxyl groups excluding tert-OH is 1. The summed E-state index contributed by atoms with van der Waals surface area (Å²) in [5.41, 5.74) is 5.22. The number of hydrogen-bond acceptors (Lipinski definition) is 2. The zero-order valence-corrected chi connectivity index (χ0v) is 6.46. The van der Waals surface area contributed by atoms with Crippen LogP contribution < -0.4 is 5.73 Å². The molecule has 0 aliphatic carbocycles. The SMILES string of the molecule is C[N+](C)(C)CC(O)CN. The van der Waals surface area contributed by atoms with Crippen molar-refractivity contribution in [3.05, 3.63) is 0 Å². The Morgan fingerprint density at radius 3 is 2.00 bits per heavy atom. The first-order valence-corrected chi connectivity index (χ1v) is 3.14. The van der Waals surface area contributed by atoms with Crippen molar-refractivity contribution >= 4 is 0 Å². The van der Waals surface area contributed by atoms with Crippen molar-refractivity contribution in [1.82, 2.24) is 0 Å². The van der Waals surface area contributed by atoms with Gasteiger partial charge in [0.2, 0.25) is 0 Å². The van der Waals surface area contributed by atoms with Gasteiger partial charge in [0.05, 0.1) is 21.1 Å². The third kappa shape index (κ3) is 5.76. The maximum atomic E-state index is 9.05. The van der Waals surface area contributed by atoms with Gasteiger partial charge < -0.3 is 15.3 Å². The van der Waals surface area contributed by atoms with Crippen LogP contribution >= 0.6 is 0 Å². The first-order valence-electron chi connectivity index (χ1n) is 3.14. The van der Waals surface area contributed by atoms with Crippen LogP contribution in [0.2, 0.25) is 0 Å². The van der Waals surface area contributed by atoms with E-state index in [1.807, 2.05) is 21.1 Å². The Labute approximate surface area is 56.7 Å². The summed E-state index contributed by atoms with van der Waals surface area (Å²) in [6.07, 6.45) is -0.356. The Hall–Kier alpha value is -0.120. The highest BCUT2D eigenvalue weighted by Crippen LogP contribution is 1.92. The fourth-order valence-corrected chi connectivity index (χ4v) is 0.707. The fourth-order valence-electron chi connectivity index (χ4n) is 0.707. The summed E-state index contributed by atoms with van der Waals surface area (Å²) >= 11 is 0. The van der Waals surface area contributed by atoms with Crippen LogP contribution in [0.3, 0.4) is 0 Å². The fraction of sp³-hybridized carbons (Fsp3) is 1.00. The maximum Gasteiger partial charge on any atom is 0.115 e. The first-order chi connectivity index (χ1) is 3.95. The number of nitrogens with two attached hydrogens (primary N) is 1. The summed E-state index contributed by atoms with van der Waals surface area (Å²) in [4.78, 5) is 0. The van der Waals surface area contributed by atoms with Crippen LogP contribution in [0.25, 0.3) is 0 Å². The average Bonchev–Trinajstić information content (AvgIpc) is 1.62. The van der Waals surface area contributed by atoms with Crippen LogP contribution in [0.1, 0.15) is 0 Å². The van der Waals surface area contributed by atoms with E-state index in [0.717, 1.165) is 11.0 Å². The Kier molecular flexibility index (Phi) is 3.11. The number of quaternary nitrogens is 1. The summed E-state index contributed by atoms with van der Waals surface area (Å²) in [6.45, 7) is 1.08. The van der Waals surface area contributed by atoms with Crippen LogP contribution in [-0.4, -0.2) is 49.9 Å². The number of aliphatic hydroxyl groups is 1. The third-order valence-electron chi connectivity index (χ3n) is 1.03. The summed E-state index contributed by atoms with van der Waals surface area (Å²) in [6, 6.07) is 0. The lowest BCUT2D eigenvalue weighted by Gasteiger charge is -2.25. The van der Waals surface area contributed by atoms with Gasteiger partial charge in [0.1, 0.15) is 12.6 Å². The van der Waals surface area contributed by atoms with Crippen molar-refractivity contribution in [2.24, 2.45) is 5.73 Å². The number of hydrogen-bond donors (Lipinski definition) is 2. The second kappa shape index (κ2) is 3.15. The second-order valence-corrected chi connectivity index (χ2v) is 3.36. The van der Waals surface area contributed by atoms with E-state index in [9.17, 15) is 0 Å². The minimum atomic E-state index is -0.356. The molecule has 0 saturated carbocycles. The van der Waals surface area contributed by atoms with Gasteiger partial charge in [-0.1, -0.05) is 0 Å². The standard InChI is InChI=1S/C6H17N2O/c1-8(2,3)5-6(9)4-7/h6,9H,4-5,7H2,1-3H3/q+1. The van der Waals surface area contributed by atoms with E-state index < -0.39 is 0 Å². The minimum Gasteiger partial charge on any atom is -0.386 e. The zero-order chi connectivity index (χ0) is 7.49. The quantitative estimate of drug-likeness (QED) is 0.486. The van der Waals surface area contributed by atoms with Crippen molar-refractivity contribution in [1.29, 1.82) is 0 Å². The molecule has 0 saturated heterocycles. The van der Waals surface area contributed by atoms with Gasteiger partial charge in [0, 0.05) is 6.54 Å². The lowest BCUT2D eigenvalue weighted by atomic mass is 10.3. The van der Waals surface area contributed by atoms with E-state index in [-0.39, 0.29) is 6.10 Å². The van der Waals surface area contributed by atoms with E-state index in [0.29, 0.717) is 6.54 Å². The Balaban J connectivity index is 3.47. The highest BCUT2D eigenvalue weighted by atomic mass is 16.3. The van der Waals surface area contributed by atoms with Gasteiger partial charge in [-0.05, 0) is 0 Å². The molecule has 0 amide bonds. The molecule has 9 heavy (non-hydrogen) atoms. The van der Waals surface area contributed by atoms with Crippen molar-refractivity contribution in [2.75, 3.05) is 34.2 Å². The molecule has 0 bridgehead atoms. The van der Waals surface area contributed by atoms with Gasteiger partial charge in [-0.2, -0.15) is 0 Å². The molecule has 0 heterocycles. The molecule has 0 fully saturated rings. The van der Waals surface area contributed by atoms with E-state index >= 15 is 0 Å². The summed E-state index contributed by atoms with van der Waals surface area (Å²) in [7, 11) is 6.08. The normalized spacial score (nSPS) is 15.7. The monoisotopic (exact) mass is 133 g/mol. The molecule has 0 aliphatic heterocycles. The molecule has 0 aliphatic rings. The summed E-state index contributed by atoms with van der Waals surface area (Å²) in [5, 5.41) is 9.05. The number of rotatable bonds is 3. The van der Waals surface area contributed by atoms with Gasteiger partial charge in [-0.3, -0.25) is 0 Å². The van der Waals surface area contributed by atoms with Crippen molar-refractivity contribution in [3.63, 3.8) is 0 Å². The molecule has 1 unspecified atom stereocenters. The molecule has 1 atom stereocenters. The van der Waals surface area contributed by atoms with E-state index in [1.165, 1.54) is 0 Å². The van der Waals surface area contributed by atoms with Crippen molar-refractivity contribution in [3.8, 4) is 0 Å². The highest BCUT2D eigenvalue weighted by molar-refractivity contribution is 4.51. The molecular weight excluding hydrogens is 116 g/mol. The van der Waals surface area contributed by atoms with Gasteiger partial charge >= 0.3 is 0 Å². The van der Waals surface area contributed by atoms with Gasteiger partial charge in [-0.15, -0.1) is 0 Å². The Bertz CT molecular complexity index is 77.6. The molecule has 3 nitrogen and oxygen atoms in total. The maximum absolute atomic E-state index is 9.05. The molecule has 0 radical (unpaired) electrons. The molecule has 0 aromatic carbocycles. The van der Waals surface area contributed by atoms with Gasteiger partial charge in [0.15, 0.2) is 0 Å². The molecule has 56 valence electrons. The zero-order valence-electron chi connectivity index (χ0n) is 6.46. The van der Waals surface area contributed by atoms with Crippen LogP contribution in [0.15, 0.2) is 0 Å². The van der Waals surface area contributed by atoms with Gasteiger partial charge in [0.25, 0.3) is 0 Å². The topological polar surface area (TPSA) is 46.2 Å². The van der Waals surface area contributed by atoms with Gasteiger partial charge in [-0.25, -0.2) is 0 Å². The predicted molar refractivity (Wildman–Crippen MR) is 38.0 cm³/mol. The number of nitrogens with zero attached hydrogens (tertiary/aromatic N) is 1. The number of likely N-dealkylation sites (N-methyl/N-ethyl adjacent to an activating group) is 1. The van der Waals surface area contributed by atoms with Crippen LogP contribution in [0.4, 0.5) is 0 Å². The van der Waals surface area contributed by atoms with E-state index in [1.54, 1.807) is 0 Å². The van der Waals surface area contributed by atoms with Crippen molar-refractivity contribution < 1.29 is 9.59 Å². The van der Waals surface area contributed by atoms with E-state index in [2.05, 4.69) is 0 Å². The average molecular weight is 133 g/mol. The molecular formula is C6H17N2O+. The minimum absolute atomic E-state index is 0.356. The van der Waals surface area contributed by atoms with Crippen LogP contribution in [0.5, 0.6) is 0 Å². The Morgan fingerprint density at radius 2 is 1.89 bits per heavy atom. The smallest absolute Gasteiger partial charge is 0.115 e. The predicted octanol–water partition coefficient (Wildman–Crippen LogP) is -0.988. The van der Waals surface area contributed by atoms with Crippen LogP contribution in [-0.2, 0) is 0 Å². The summed E-state index contributed by atoms with van der Waals surface area (Å²) < 4.78 is 0.762. The molecule has 0 aromatic rings. The molecule has 3 heteroatoms. The molecule has 0 rings (SSSR count). The van der Waals surface area contributed by atoms with E-state index in [4.69, 9.17) is 10.8 Å². The third-order valence-corrected chi connectivity index (χ3v) is 1.03. The lowest BCUT2D eigenvalue weighted by molar-refractivity contribution is -0.873. The largest absolute Gasteiger partial charge is 0.386 e. The van der Waals surface area contributed by atoms with Crippen LogP contribution in [0, 0.1) is 0 Å². The molecule has 0 aromatic heterocycles. The molecule has 3 N–H and O–H groups in total. The van der Waals surface area contributed by atoms with Crippen molar-refractivity contribution in [2.45, 2.75) is 6.10 Å². The Morgan fingerprint density at radius 1 is 1.44 bits per heavy atom. The lowest BCUT2D eigenvalue weighted by Crippen LogP contribution is -2.43. The highest BCUT2D eigenvalue weighted by Gasteiger charge is 2.12. The summed E-state index contributed by atoms with van der Waals surface area (Å²) in [5.74, 6) is 0. The first kappa shape index (κ1) is 8.88. The molecule has 0 spiro atoms. The second-order valence-electron chi connectivity index (χ2n) is 3.36.